The van der Waals surface area contributed by atoms with E-state index in [9.17, 15) is 4.79 Å². The highest BCUT2D eigenvalue weighted by Crippen LogP contribution is 2.16. The molecule has 3 rings (SSSR count). The summed E-state index contributed by atoms with van der Waals surface area (Å²) in [5, 5.41) is 13.3. The summed E-state index contributed by atoms with van der Waals surface area (Å²) in [6, 6.07) is 1.98. The molecule has 0 unspecified atom stereocenters. The maximum Gasteiger partial charge on any atom is 0.317 e. The van der Waals surface area contributed by atoms with E-state index in [2.05, 4.69) is 33.1 Å². The molecule has 0 atom stereocenters. The Labute approximate surface area is 127 Å². The van der Waals surface area contributed by atoms with Gasteiger partial charge in [0, 0.05) is 24.9 Å². The van der Waals surface area contributed by atoms with Gasteiger partial charge in [-0.2, -0.15) is 0 Å². The summed E-state index contributed by atoms with van der Waals surface area (Å²) in [5.74, 6) is 1.90. The van der Waals surface area contributed by atoms with Crippen molar-refractivity contribution in [2.24, 2.45) is 0 Å². The molecule has 2 amide bonds. The molecule has 0 saturated heterocycles. The molecular formula is C14H19N5OS. The van der Waals surface area contributed by atoms with Crippen LogP contribution in [0.4, 0.5) is 4.79 Å². The SMILES string of the molecule is Cc1ccsc1CNC(=O)N(C)Cc1nnc2n1CCC2. The van der Waals surface area contributed by atoms with Gasteiger partial charge in [-0.05, 0) is 30.4 Å². The number of carbonyl (C=O) groups excluding carboxylic acids is 1. The van der Waals surface area contributed by atoms with E-state index in [0.29, 0.717) is 13.1 Å². The molecule has 1 N–H and O–H groups in total. The van der Waals surface area contributed by atoms with Gasteiger partial charge in [-0.3, -0.25) is 0 Å². The Morgan fingerprint density at radius 1 is 1.52 bits per heavy atom. The zero-order chi connectivity index (χ0) is 14.8. The first kappa shape index (κ1) is 14.1. The number of thiophene rings is 1. The van der Waals surface area contributed by atoms with Crippen molar-refractivity contribution in [1.29, 1.82) is 0 Å². The van der Waals surface area contributed by atoms with E-state index in [4.69, 9.17) is 0 Å². The number of amides is 2. The minimum Gasteiger partial charge on any atom is -0.333 e. The van der Waals surface area contributed by atoms with E-state index in [-0.39, 0.29) is 6.03 Å². The van der Waals surface area contributed by atoms with Crippen molar-refractivity contribution in [3.05, 3.63) is 33.5 Å². The summed E-state index contributed by atoms with van der Waals surface area (Å²) in [6.07, 6.45) is 2.10. The molecule has 21 heavy (non-hydrogen) atoms. The first-order valence-corrected chi connectivity index (χ1v) is 7.96. The number of hydrogen-bond donors (Lipinski definition) is 1. The molecule has 6 nitrogen and oxygen atoms in total. The van der Waals surface area contributed by atoms with Gasteiger partial charge in [-0.25, -0.2) is 4.79 Å². The molecular weight excluding hydrogens is 286 g/mol. The molecule has 0 radical (unpaired) electrons. The van der Waals surface area contributed by atoms with Gasteiger partial charge in [-0.15, -0.1) is 21.5 Å². The van der Waals surface area contributed by atoms with Gasteiger partial charge in [0.25, 0.3) is 0 Å². The maximum atomic E-state index is 12.1. The first-order chi connectivity index (χ1) is 10.1. The summed E-state index contributed by atoms with van der Waals surface area (Å²) in [7, 11) is 1.78. The fourth-order valence-electron chi connectivity index (χ4n) is 2.49. The predicted octanol–water partition coefficient (Wildman–Crippen LogP) is 1.94. The predicted molar refractivity (Wildman–Crippen MR) is 81.1 cm³/mol. The molecule has 3 heterocycles. The summed E-state index contributed by atoms with van der Waals surface area (Å²) < 4.78 is 2.12. The van der Waals surface area contributed by atoms with Crippen LogP contribution in [0.2, 0.25) is 0 Å². The van der Waals surface area contributed by atoms with E-state index in [1.165, 1.54) is 10.4 Å². The molecule has 0 aliphatic carbocycles. The van der Waals surface area contributed by atoms with Crippen molar-refractivity contribution in [3.8, 4) is 0 Å². The Kier molecular flexibility index (Phi) is 3.92. The summed E-state index contributed by atoms with van der Waals surface area (Å²) >= 11 is 1.67. The van der Waals surface area contributed by atoms with E-state index in [0.717, 1.165) is 31.0 Å². The van der Waals surface area contributed by atoms with E-state index in [1.54, 1.807) is 23.3 Å². The number of carbonyl (C=O) groups is 1. The van der Waals surface area contributed by atoms with Gasteiger partial charge < -0.3 is 14.8 Å². The van der Waals surface area contributed by atoms with Crippen LogP contribution in [-0.2, 0) is 26.1 Å². The van der Waals surface area contributed by atoms with Crippen LogP contribution in [-0.4, -0.2) is 32.7 Å². The van der Waals surface area contributed by atoms with Crippen LogP contribution in [0.15, 0.2) is 11.4 Å². The standard InChI is InChI=1S/C14H19N5OS/c1-10-5-7-21-11(10)8-15-14(20)18(2)9-13-17-16-12-4-3-6-19(12)13/h5,7H,3-4,6,8-9H2,1-2H3,(H,15,20). The number of fused-ring (bicyclic) bond motifs is 1. The molecule has 7 heteroatoms. The second-order valence-electron chi connectivity index (χ2n) is 5.33. The second-order valence-corrected chi connectivity index (χ2v) is 6.33. The Morgan fingerprint density at radius 2 is 2.38 bits per heavy atom. The Morgan fingerprint density at radius 3 is 3.14 bits per heavy atom. The van der Waals surface area contributed by atoms with Crippen LogP contribution < -0.4 is 5.32 Å². The van der Waals surface area contributed by atoms with Crippen molar-refractivity contribution in [2.45, 2.75) is 39.4 Å². The lowest BCUT2D eigenvalue weighted by molar-refractivity contribution is 0.204. The number of aryl methyl sites for hydroxylation is 2. The first-order valence-electron chi connectivity index (χ1n) is 7.08. The lowest BCUT2D eigenvalue weighted by atomic mass is 10.3. The normalized spacial score (nSPS) is 13.2. The van der Waals surface area contributed by atoms with Crippen molar-refractivity contribution in [3.63, 3.8) is 0 Å². The van der Waals surface area contributed by atoms with Crippen molar-refractivity contribution in [1.82, 2.24) is 25.0 Å². The maximum absolute atomic E-state index is 12.1. The van der Waals surface area contributed by atoms with Gasteiger partial charge in [0.1, 0.15) is 5.82 Å². The Bertz CT molecular complexity index is 648. The summed E-state index contributed by atoms with van der Waals surface area (Å²) in [5.41, 5.74) is 1.22. The van der Waals surface area contributed by atoms with Crippen molar-refractivity contribution < 1.29 is 4.79 Å². The minimum atomic E-state index is -0.0850. The smallest absolute Gasteiger partial charge is 0.317 e. The Balaban J connectivity index is 1.56. The fraction of sp³-hybridized carbons (Fsp3) is 0.500. The third-order valence-electron chi connectivity index (χ3n) is 3.78. The molecule has 1 aliphatic heterocycles. The number of aromatic nitrogens is 3. The fourth-order valence-corrected chi connectivity index (χ4v) is 3.33. The number of nitrogens with one attached hydrogen (secondary N) is 1. The topological polar surface area (TPSA) is 63.1 Å². The van der Waals surface area contributed by atoms with Crippen LogP contribution in [0, 0.1) is 6.92 Å². The average molecular weight is 305 g/mol. The highest BCUT2D eigenvalue weighted by atomic mass is 32.1. The monoisotopic (exact) mass is 305 g/mol. The molecule has 1 aliphatic rings. The highest BCUT2D eigenvalue weighted by Gasteiger charge is 2.19. The molecule has 0 saturated carbocycles. The number of hydrogen-bond acceptors (Lipinski definition) is 4. The number of rotatable bonds is 4. The minimum absolute atomic E-state index is 0.0850. The lowest BCUT2D eigenvalue weighted by Gasteiger charge is -2.17. The van der Waals surface area contributed by atoms with Gasteiger partial charge in [0.05, 0.1) is 13.1 Å². The lowest BCUT2D eigenvalue weighted by Crippen LogP contribution is -2.37. The Hall–Kier alpha value is -1.89. The number of urea groups is 1. The third-order valence-corrected chi connectivity index (χ3v) is 4.80. The third kappa shape index (κ3) is 2.92. The molecule has 0 fully saturated rings. The van der Waals surface area contributed by atoms with Crippen LogP contribution in [0.25, 0.3) is 0 Å². The van der Waals surface area contributed by atoms with Crippen LogP contribution in [0.1, 0.15) is 28.5 Å². The van der Waals surface area contributed by atoms with Crippen LogP contribution in [0.3, 0.4) is 0 Å². The van der Waals surface area contributed by atoms with Gasteiger partial charge in [0.15, 0.2) is 5.82 Å². The van der Waals surface area contributed by atoms with Crippen LogP contribution in [0.5, 0.6) is 0 Å². The van der Waals surface area contributed by atoms with Gasteiger partial charge >= 0.3 is 6.03 Å². The molecule has 0 spiro atoms. The quantitative estimate of drug-likeness (QED) is 0.939. The summed E-state index contributed by atoms with van der Waals surface area (Å²) in [6.45, 7) is 4.08. The number of nitrogens with zero attached hydrogens (tertiary/aromatic N) is 4. The molecule has 2 aromatic heterocycles. The zero-order valence-corrected chi connectivity index (χ0v) is 13.1. The van der Waals surface area contributed by atoms with E-state index >= 15 is 0 Å². The summed E-state index contributed by atoms with van der Waals surface area (Å²) in [4.78, 5) is 15.0. The molecule has 2 aromatic rings. The van der Waals surface area contributed by atoms with Crippen LogP contribution >= 0.6 is 11.3 Å². The van der Waals surface area contributed by atoms with E-state index < -0.39 is 0 Å². The zero-order valence-electron chi connectivity index (χ0n) is 12.3. The highest BCUT2D eigenvalue weighted by molar-refractivity contribution is 7.10. The molecule has 0 aromatic carbocycles. The molecule has 0 bridgehead atoms. The van der Waals surface area contributed by atoms with Crippen molar-refractivity contribution >= 4 is 17.4 Å². The second kappa shape index (κ2) is 5.85. The van der Waals surface area contributed by atoms with E-state index in [1.807, 2.05) is 5.38 Å². The van der Waals surface area contributed by atoms with Crippen molar-refractivity contribution in [2.75, 3.05) is 7.05 Å². The van der Waals surface area contributed by atoms with Gasteiger partial charge in [-0.1, -0.05) is 0 Å². The molecule has 112 valence electrons. The largest absolute Gasteiger partial charge is 0.333 e. The average Bonchev–Trinajstić information content (AvgIpc) is 3.15. The van der Waals surface area contributed by atoms with Gasteiger partial charge in [0.2, 0.25) is 0 Å².